The largest absolute Gasteiger partial charge is 0.489 e. The summed E-state index contributed by atoms with van der Waals surface area (Å²) in [6.45, 7) is 5.91. The Kier molecular flexibility index (Phi) is 7.04. The van der Waals surface area contributed by atoms with Crippen molar-refractivity contribution in [2.24, 2.45) is 0 Å². The molecule has 3 aromatic carbocycles. The van der Waals surface area contributed by atoms with Gasteiger partial charge in [0, 0.05) is 22.6 Å². The van der Waals surface area contributed by atoms with Gasteiger partial charge in [0.15, 0.2) is 0 Å². The van der Waals surface area contributed by atoms with Gasteiger partial charge in [-0.3, -0.25) is 14.9 Å². The third kappa shape index (κ3) is 4.88. The SMILES string of the molecule is Cc1ccccc1N1C(=O)NC(=O)/C(=C\c2cc(C)n(-c3ccc(OCc4ccccc4C#N)cc3)c2C)C1=O. The number of nitrogens with zero attached hydrogens (tertiary/aromatic N) is 3. The molecule has 5 rings (SSSR count). The average Bonchev–Trinajstić information content (AvgIpc) is 3.23. The molecular formula is C32H26N4O4. The second kappa shape index (κ2) is 10.8. The molecule has 0 bridgehead atoms. The normalized spacial score (nSPS) is 14.3. The molecule has 0 aliphatic carbocycles. The van der Waals surface area contributed by atoms with Gasteiger partial charge in [0.1, 0.15) is 17.9 Å². The first-order chi connectivity index (χ1) is 19.3. The van der Waals surface area contributed by atoms with Gasteiger partial charge in [-0.2, -0.15) is 5.26 Å². The van der Waals surface area contributed by atoms with Gasteiger partial charge in [-0.15, -0.1) is 0 Å². The first-order valence-corrected chi connectivity index (χ1v) is 12.7. The van der Waals surface area contributed by atoms with E-state index < -0.39 is 17.8 Å². The van der Waals surface area contributed by atoms with Crippen molar-refractivity contribution in [3.8, 4) is 17.5 Å². The van der Waals surface area contributed by atoms with Crippen molar-refractivity contribution in [3.63, 3.8) is 0 Å². The van der Waals surface area contributed by atoms with Crippen LogP contribution in [-0.2, 0) is 16.2 Å². The summed E-state index contributed by atoms with van der Waals surface area (Å²) in [5.74, 6) is -0.747. The number of nitrogens with one attached hydrogen (secondary N) is 1. The van der Waals surface area contributed by atoms with Crippen LogP contribution in [0.5, 0.6) is 5.75 Å². The van der Waals surface area contributed by atoms with Gasteiger partial charge in [0.2, 0.25) is 0 Å². The third-order valence-electron chi connectivity index (χ3n) is 6.86. The summed E-state index contributed by atoms with van der Waals surface area (Å²) in [4.78, 5) is 39.6. The van der Waals surface area contributed by atoms with Crippen LogP contribution in [0.15, 0.2) is 84.4 Å². The molecule has 8 heteroatoms. The summed E-state index contributed by atoms with van der Waals surface area (Å²) < 4.78 is 7.91. The van der Waals surface area contributed by atoms with Crippen molar-refractivity contribution in [3.05, 3.63) is 118 Å². The third-order valence-corrected chi connectivity index (χ3v) is 6.86. The molecule has 0 atom stereocenters. The zero-order chi connectivity index (χ0) is 28.4. The highest BCUT2D eigenvalue weighted by Crippen LogP contribution is 2.28. The first-order valence-electron chi connectivity index (χ1n) is 12.7. The van der Waals surface area contributed by atoms with Crippen LogP contribution in [0.25, 0.3) is 11.8 Å². The van der Waals surface area contributed by atoms with E-state index in [1.54, 1.807) is 31.2 Å². The molecule has 0 unspecified atom stereocenters. The van der Waals surface area contributed by atoms with Crippen LogP contribution < -0.4 is 15.0 Å². The first kappa shape index (κ1) is 26.2. The van der Waals surface area contributed by atoms with Crippen LogP contribution >= 0.6 is 0 Å². The summed E-state index contributed by atoms with van der Waals surface area (Å²) in [5, 5.41) is 11.6. The number of barbiturate groups is 1. The van der Waals surface area contributed by atoms with E-state index in [9.17, 15) is 19.6 Å². The number of ether oxygens (including phenoxy) is 1. The molecule has 0 radical (unpaired) electrons. The number of nitriles is 1. The number of carbonyl (C=O) groups excluding carboxylic acids is 3. The van der Waals surface area contributed by atoms with E-state index in [0.29, 0.717) is 22.6 Å². The molecular weight excluding hydrogens is 504 g/mol. The molecule has 1 N–H and O–H groups in total. The predicted molar refractivity (Wildman–Crippen MR) is 151 cm³/mol. The minimum absolute atomic E-state index is 0.121. The number of aryl methyl sites for hydroxylation is 2. The highest BCUT2D eigenvalue weighted by molar-refractivity contribution is 6.39. The lowest BCUT2D eigenvalue weighted by atomic mass is 10.1. The molecule has 0 saturated carbocycles. The zero-order valence-corrected chi connectivity index (χ0v) is 22.3. The fourth-order valence-corrected chi connectivity index (χ4v) is 4.78. The fraction of sp³-hybridized carbons (Fsp3) is 0.125. The Morgan fingerprint density at radius 3 is 2.35 bits per heavy atom. The van der Waals surface area contributed by atoms with Crippen LogP contribution in [0.3, 0.4) is 0 Å². The summed E-state index contributed by atoms with van der Waals surface area (Å²) in [6, 6.07) is 25.2. The number of hydrogen-bond donors (Lipinski definition) is 1. The van der Waals surface area contributed by atoms with Crippen molar-refractivity contribution in [1.82, 2.24) is 9.88 Å². The smallest absolute Gasteiger partial charge is 0.335 e. The quantitative estimate of drug-likeness (QED) is 0.261. The molecule has 8 nitrogen and oxygen atoms in total. The van der Waals surface area contributed by atoms with Crippen molar-refractivity contribution >= 4 is 29.6 Å². The molecule has 4 amide bonds. The molecule has 1 aliphatic heterocycles. The molecule has 1 saturated heterocycles. The highest BCUT2D eigenvalue weighted by atomic mass is 16.5. The van der Waals surface area contributed by atoms with E-state index in [1.807, 2.05) is 73.0 Å². The van der Waals surface area contributed by atoms with Crippen LogP contribution in [0.1, 0.15) is 33.6 Å². The molecule has 1 fully saturated rings. The Hall–Kier alpha value is -5.42. The lowest BCUT2D eigenvalue weighted by Crippen LogP contribution is -2.54. The number of para-hydroxylation sites is 1. The second-order valence-corrected chi connectivity index (χ2v) is 9.46. The van der Waals surface area contributed by atoms with E-state index in [-0.39, 0.29) is 12.2 Å². The molecule has 0 spiro atoms. The van der Waals surface area contributed by atoms with Crippen molar-refractivity contribution in [1.29, 1.82) is 5.26 Å². The van der Waals surface area contributed by atoms with Crippen LogP contribution in [-0.4, -0.2) is 22.4 Å². The number of benzene rings is 3. The Balaban J connectivity index is 1.40. The average molecular weight is 531 g/mol. The second-order valence-electron chi connectivity index (χ2n) is 9.46. The summed E-state index contributed by atoms with van der Waals surface area (Å²) in [7, 11) is 0. The topological polar surface area (TPSA) is 104 Å². The zero-order valence-electron chi connectivity index (χ0n) is 22.3. The number of amides is 4. The Bertz CT molecular complexity index is 1720. The maximum Gasteiger partial charge on any atom is 0.335 e. The van der Waals surface area contributed by atoms with Gasteiger partial charge in [0.25, 0.3) is 11.8 Å². The van der Waals surface area contributed by atoms with Crippen molar-refractivity contribution in [2.75, 3.05) is 4.90 Å². The number of carbonyl (C=O) groups is 3. The van der Waals surface area contributed by atoms with Crippen LogP contribution in [0, 0.1) is 32.1 Å². The van der Waals surface area contributed by atoms with Crippen molar-refractivity contribution in [2.45, 2.75) is 27.4 Å². The Morgan fingerprint density at radius 1 is 0.925 bits per heavy atom. The Labute approximate surface area is 231 Å². The fourth-order valence-electron chi connectivity index (χ4n) is 4.78. The highest BCUT2D eigenvalue weighted by Gasteiger charge is 2.37. The van der Waals surface area contributed by atoms with Gasteiger partial charge in [-0.25, -0.2) is 9.69 Å². The summed E-state index contributed by atoms with van der Waals surface area (Å²) >= 11 is 0. The standard InChI is InChI=1S/C32H26N4O4/c1-20-8-4-7-11-29(20)36-31(38)28(30(37)34-32(36)39)17-25-16-21(2)35(22(25)3)26-12-14-27(15-13-26)40-19-24-10-6-5-9-23(24)18-33/h4-17H,19H2,1-3H3,(H,34,37,39)/b28-17+. The number of urea groups is 1. The molecule has 198 valence electrons. The lowest BCUT2D eigenvalue weighted by molar-refractivity contribution is -0.122. The van der Waals surface area contributed by atoms with E-state index in [0.717, 1.165) is 33.1 Å². The van der Waals surface area contributed by atoms with Gasteiger partial charge in [0.05, 0.1) is 17.3 Å². The number of anilines is 1. The van der Waals surface area contributed by atoms with Crippen molar-refractivity contribution < 1.29 is 19.1 Å². The molecule has 4 aromatic rings. The van der Waals surface area contributed by atoms with Gasteiger partial charge in [-0.1, -0.05) is 36.4 Å². The minimum Gasteiger partial charge on any atom is -0.489 e. The van der Waals surface area contributed by atoms with E-state index in [2.05, 4.69) is 11.4 Å². The maximum atomic E-state index is 13.4. The summed E-state index contributed by atoms with van der Waals surface area (Å²) in [6.07, 6.45) is 1.53. The van der Waals surface area contributed by atoms with Gasteiger partial charge in [-0.05, 0) is 80.4 Å². The van der Waals surface area contributed by atoms with Crippen LogP contribution in [0.4, 0.5) is 10.5 Å². The Morgan fingerprint density at radius 2 is 1.62 bits per heavy atom. The predicted octanol–water partition coefficient (Wildman–Crippen LogP) is 5.52. The molecule has 1 aromatic heterocycles. The lowest BCUT2D eigenvalue weighted by Gasteiger charge is -2.27. The number of imide groups is 2. The van der Waals surface area contributed by atoms with Gasteiger partial charge >= 0.3 is 6.03 Å². The van der Waals surface area contributed by atoms with Crippen LogP contribution in [0.2, 0.25) is 0 Å². The summed E-state index contributed by atoms with van der Waals surface area (Å²) in [5.41, 5.74) is 5.71. The number of rotatable bonds is 6. The van der Waals surface area contributed by atoms with E-state index in [1.165, 1.54) is 6.08 Å². The molecule has 40 heavy (non-hydrogen) atoms. The minimum atomic E-state index is -0.773. The molecule has 2 heterocycles. The monoisotopic (exact) mass is 530 g/mol. The van der Waals surface area contributed by atoms with Gasteiger partial charge < -0.3 is 9.30 Å². The van der Waals surface area contributed by atoms with E-state index in [4.69, 9.17) is 4.74 Å². The molecule has 1 aliphatic rings. The maximum absolute atomic E-state index is 13.4. The number of hydrogen-bond acceptors (Lipinski definition) is 5. The number of aromatic nitrogens is 1. The van der Waals surface area contributed by atoms with E-state index >= 15 is 0 Å².